The first-order valence-corrected chi connectivity index (χ1v) is 9.42. The van der Waals surface area contributed by atoms with Gasteiger partial charge in [0.25, 0.3) is 5.91 Å². The molecule has 0 radical (unpaired) electrons. The molecule has 23 heavy (non-hydrogen) atoms. The Morgan fingerprint density at radius 3 is 2.91 bits per heavy atom. The molecule has 0 saturated heterocycles. The van der Waals surface area contributed by atoms with E-state index in [2.05, 4.69) is 29.4 Å². The molecule has 0 spiro atoms. The number of anilines is 1. The summed E-state index contributed by atoms with van der Waals surface area (Å²) >= 11 is 1.65. The summed E-state index contributed by atoms with van der Waals surface area (Å²) in [6, 6.07) is 6.15. The first-order valence-electron chi connectivity index (χ1n) is 8.61. The molecule has 1 N–H and O–H groups in total. The third-order valence-corrected chi connectivity index (χ3v) is 6.05. The molecule has 0 aliphatic heterocycles. The molecule has 1 heterocycles. The van der Waals surface area contributed by atoms with Gasteiger partial charge in [0.1, 0.15) is 0 Å². The van der Waals surface area contributed by atoms with Gasteiger partial charge in [-0.15, -0.1) is 11.3 Å². The molecule has 0 fully saturated rings. The van der Waals surface area contributed by atoms with Gasteiger partial charge in [0.2, 0.25) is 0 Å². The number of amides is 1. The van der Waals surface area contributed by atoms with E-state index in [1.54, 1.807) is 11.3 Å². The van der Waals surface area contributed by atoms with Crippen LogP contribution in [0.4, 0.5) is 5.13 Å². The van der Waals surface area contributed by atoms with Crippen molar-refractivity contribution in [2.75, 3.05) is 5.32 Å². The van der Waals surface area contributed by atoms with Crippen LogP contribution in [0.5, 0.6) is 0 Å². The summed E-state index contributed by atoms with van der Waals surface area (Å²) in [5, 5.41) is 3.76. The number of hydrogen-bond acceptors (Lipinski definition) is 3. The SMILES string of the molecule is C[C@@H]1CCc2nc(NC(=O)c3ccc4c(c3)CCCC4)sc2C1. The summed E-state index contributed by atoms with van der Waals surface area (Å²) in [5.41, 5.74) is 4.70. The maximum atomic E-state index is 12.5. The van der Waals surface area contributed by atoms with E-state index < -0.39 is 0 Å². The second-order valence-electron chi connectivity index (χ2n) is 6.88. The predicted molar refractivity (Wildman–Crippen MR) is 94.3 cm³/mol. The zero-order valence-electron chi connectivity index (χ0n) is 13.5. The summed E-state index contributed by atoms with van der Waals surface area (Å²) in [6.45, 7) is 2.29. The fourth-order valence-electron chi connectivity index (χ4n) is 3.64. The van der Waals surface area contributed by atoms with Crippen LogP contribution in [0.2, 0.25) is 0 Å². The van der Waals surface area contributed by atoms with E-state index >= 15 is 0 Å². The Kier molecular flexibility index (Phi) is 3.93. The van der Waals surface area contributed by atoms with Gasteiger partial charge in [-0.2, -0.15) is 0 Å². The lowest BCUT2D eigenvalue weighted by Crippen LogP contribution is -2.13. The molecule has 4 rings (SSSR count). The van der Waals surface area contributed by atoms with Crippen LogP contribution in [-0.4, -0.2) is 10.9 Å². The summed E-state index contributed by atoms with van der Waals surface area (Å²) < 4.78 is 0. The van der Waals surface area contributed by atoms with Gasteiger partial charge in [0.05, 0.1) is 5.69 Å². The third-order valence-electron chi connectivity index (χ3n) is 5.02. The van der Waals surface area contributed by atoms with Gasteiger partial charge in [-0.05, 0) is 74.1 Å². The molecule has 3 nitrogen and oxygen atoms in total. The highest BCUT2D eigenvalue weighted by molar-refractivity contribution is 7.15. The summed E-state index contributed by atoms with van der Waals surface area (Å²) in [7, 11) is 0. The van der Waals surface area contributed by atoms with E-state index in [1.807, 2.05) is 6.07 Å². The molecule has 1 atom stereocenters. The quantitative estimate of drug-likeness (QED) is 0.889. The van der Waals surface area contributed by atoms with Crippen molar-refractivity contribution in [3.63, 3.8) is 0 Å². The van der Waals surface area contributed by atoms with E-state index in [4.69, 9.17) is 0 Å². The van der Waals surface area contributed by atoms with Crippen molar-refractivity contribution in [1.29, 1.82) is 0 Å². The molecule has 1 aromatic heterocycles. The third kappa shape index (κ3) is 3.05. The minimum atomic E-state index is -0.0301. The zero-order chi connectivity index (χ0) is 15.8. The minimum absolute atomic E-state index is 0.0301. The standard InChI is InChI=1S/C19H22N2OS/c1-12-6-9-16-17(10-12)23-19(20-16)21-18(22)15-8-7-13-4-2-3-5-14(13)11-15/h7-8,11-12H,2-6,9-10H2,1H3,(H,20,21,22)/t12-/m1/s1. The molecule has 120 valence electrons. The highest BCUT2D eigenvalue weighted by Gasteiger charge is 2.21. The van der Waals surface area contributed by atoms with E-state index in [1.165, 1.54) is 41.0 Å². The Morgan fingerprint density at radius 2 is 2.04 bits per heavy atom. The number of aryl methyl sites for hydroxylation is 3. The number of aromatic nitrogens is 1. The van der Waals surface area contributed by atoms with Gasteiger partial charge in [0.15, 0.2) is 5.13 Å². The molecule has 2 aliphatic rings. The number of thiazole rings is 1. The van der Waals surface area contributed by atoms with E-state index in [0.29, 0.717) is 0 Å². The summed E-state index contributed by atoms with van der Waals surface area (Å²) in [4.78, 5) is 18.5. The number of carbonyl (C=O) groups excluding carboxylic acids is 1. The molecular weight excluding hydrogens is 304 g/mol. The van der Waals surface area contributed by atoms with Gasteiger partial charge in [-0.3, -0.25) is 10.1 Å². The highest BCUT2D eigenvalue weighted by Crippen LogP contribution is 2.32. The topological polar surface area (TPSA) is 42.0 Å². The van der Waals surface area contributed by atoms with E-state index in [9.17, 15) is 4.79 Å². The van der Waals surface area contributed by atoms with Crippen molar-refractivity contribution >= 4 is 22.4 Å². The first kappa shape index (κ1) is 14.9. The Balaban J connectivity index is 1.52. The summed E-state index contributed by atoms with van der Waals surface area (Å²) in [6.07, 6.45) is 8.09. The van der Waals surface area contributed by atoms with Crippen LogP contribution in [0.25, 0.3) is 0 Å². The first-order chi connectivity index (χ1) is 11.2. The predicted octanol–water partition coefficient (Wildman–Crippen LogP) is 4.40. The molecular formula is C19H22N2OS. The maximum absolute atomic E-state index is 12.5. The van der Waals surface area contributed by atoms with Crippen LogP contribution in [-0.2, 0) is 25.7 Å². The second kappa shape index (κ2) is 6.08. The highest BCUT2D eigenvalue weighted by atomic mass is 32.1. The molecule has 0 saturated carbocycles. The number of carbonyl (C=O) groups is 1. The number of hydrogen-bond donors (Lipinski definition) is 1. The van der Waals surface area contributed by atoms with Crippen LogP contribution >= 0.6 is 11.3 Å². The van der Waals surface area contributed by atoms with Crippen molar-refractivity contribution in [3.05, 3.63) is 45.5 Å². The van der Waals surface area contributed by atoms with Crippen LogP contribution in [0.3, 0.4) is 0 Å². The maximum Gasteiger partial charge on any atom is 0.257 e. The largest absolute Gasteiger partial charge is 0.298 e. The Bertz CT molecular complexity index is 750. The fourth-order valence-corrected chi connectivity index (χ4v) is 4.80. The molecule has 0 unspecified atom stereocenters. The number of nitrogens with zero attached hydrogens (tertiary/aromatic N) is 1. The van der Waals surface area contributed by atoms with Crippen LogP contribution in [0.1, 0.15) is 58.2 Å². The number of benzene rings is 1. The number of fused-ring (bicyclic) bond motifs is 2. The monoisotopic (exact) mass is 326 g/mol. The zero-order valence-corrected chi connectivity index (χ0v) is 14.3. The van der Waals surface area contributed by atoms with E-state index in [0.717, 1.165) is 42.3 Å². The van der Waals surface area contributed by atoms with Crippen molar-refractivity contribution in [2.45, 2.75) is 51.9 Å². The van der Waals surface area contributed by atoms with Gasteiger partial charge in [0, 0.05) is 10.4 Å². The van der Waals surface area contributed by atoms with Gasteiger partial charge in [-0.25, -0.2) is 4.98 Å². The van der Waals surface area contributed by atoms with Crippen molar-refractivity contribution in [3.8, 4) is 0 Å². The smallest absolute Gasteiger partial charge is 0.257 e. The molecule has 1 aromatic carbocycles. The lowest BCUT2D eigenvalue weighted by atomic mass is 9.90. The minimum Gasteiger partial charge on any atom is -0.298 e. The van der Waals surface area contributed by atoms with Gasteiger partial charge in [-0.1, -0.05) is 13.0 Å². The van der Waals surface area contributed by atoms with Crippen molar-refractivity contribution < 1.29 is 4.79 Å². The van der Waals surface area contributed by atoms with Crippen LogP contribution < -0.4 is 5.32 Å². The Hall–Kier alpha value is -1.68. The van der Waals surface area contributed by atoms with Gasteiger partial charge >= 0.3 is 0 Å². The fraction of sp³-hybridized carbons (Fsp3) is 0.474. The number of rotatable bonds is 2. The lowest BCUT2D eigenvalue weighted by Gasteiger charge is -2.16. The second-order valence-corrected chi connectivity index (χ2v) is 7.97. The Labute approximate surface area is 141 Å². The van der Waals surface area contributed by atoms with E-state index in [-0.39, 0.29) is 5.91 Å². The molecule has 0 bridgehead atoms. The molecule has 2 aromatic rings. The van der Waals surface area contributed by atoms with Crippen LogP contribution in [0, 0.1) is 5.92 Å². The summed E-state index contributed by atoms with van der Waals surface area (Å²) in [5.74, 6) is 0.699. The molecule has 1 amide bonds. The van der Waals surface area contributed by atoms with Crippen molar-refractivity contribution in [2.24, 2.45) is 5.92 Å². The average molecular weight is 326 g/mol. The van der Waals surface area contributed by atoms with Crippen molar-refractivity contribution in [1.82, 2.24) is 4.98 Å². The van der Waals surface area contributed by atoms with Gasteiger partial charge < -0.3 is 0 Å². The lowest BCUT2D eigenvalue weighted by molar-refractivity contribution is 0.102. The average Bonchev–Trinajstić information content (AvgIpc) is 2.95. The normalized spacial score (nSPS) is 19.8. The molecule has 2 aliphatic carbocycles. The number of nitrogens with one attached hydrogen (secondary N) is 1. The Morgan fingerprint density at radius 1 is 1.22 bits per heavy atom. The van der Waals surface area contributed by atoms with Crippen LogP contribution in [0.15, 0.2) is 18.2 Å². The molecule has 4 heteroatoms.